The van der Waals surface area contributed by atoms with E-state index in [1.165, 1.54) is 11.6 Å². The third kappa shape index (κ3) is 1.92. The first-order valence-electron chi connectivity index (χ1n) is 3.51. The lowest BCUT2D eigenvalue weighted by Crippen LogP contribution is -2.01. The van der Waals surface area contributed by atoms with Crippen LogP contribution in [0.2, 0.25) is 5.15 Å². The summed E-state index contributed by atoms with van der Waals surface area (Å²) in [7, 11) is 0. The van der Waals surface area contributed by atoms with Gasteiger partial charge in [-0.25, -0.2) is 4.68 Å². The van der Waals surface area contributed by atoms with Crippen molar-refractivity contribution in [1.29, 1.82) is 0 Å². The van der Waals surface area contributed by atoms with Crippen LogP contribution in [0.1, 0.15) is 5.69 Å². The third-order valence-electron chi connectivity index (χ3n) is 1.51. The minimum Gasteiger partial charge on any atom is -0.258 e. The molecule has 1 aromatic rings. The van der Waals surface area contributed by atoms with E-state index in [1.54, 1.807) is 0 Å². The quantitative estimate of drug-likeness (QED) is 0.448. The number of aromatic nitrogens is 2. The minimum atomic E-state index is -0.546. The van der Waals surface area contributed by atoms with Crippen LogP contribution in [0.25, 0.3) is 0 Å². The second-order valence-electron chi connectivity index (χ2n) is 2.39. The van der Waals surface area contributed by atoms with E-state index in [2.05, 4.69) is 5.10 Å². The molecular formula is C6H7Cl2N3O2. The van der Waals surface area contributed by atoms with Crippen LogP contribution in [-0.2, 0) is 6.54 Å². The monoisotopic (exact) mass is 223 g/mol. The van der Waals surface area contributed by atoms with E-state index in [0.717, 1.165) is 0 Å². The molecule has 0 N–H and O–H groups in total. The van der Waals surface area contributed by atoms with Crippen LogP contribution < -0.4 is 0 Å². The minimum absolute atomic E-state index is 0.0307. The van der Waals surface area contributed by atoms with Crippen LogP contribution >= 0.6 is 23.2 Å². The molecular weight excluding hydrogens is 217 g/mol. The fourth-order valence-electron chi connectivity index (χ4n) is 0.979. The number of hydrogen-bond acceptors (Lipinski definition) is 3. The molecule has 0 radical (unpaired) electrons. The Morgan fingerprint density at radius 3 is 2.69 bits per heavy atom. The summed E-state index contributed by atoms with van der Waals surface area (Å²) in [5.41, 5.74) is 0.159. The summed E-state index contributed by atoms with van der Waals surface area (Å²) in [6.07, 6.45) is 0. The maximum atomic E-state index is 10.5. The highest BCUT2D eigenvalue weighted by molar-refractivity contribution is 6.31. The Bertz CT molecular complexity index is 337. The van der Waals surface area contributed by atoms with Gasteiger partial charge in [-0.05, 0) is 6.92 Å². The van der Waals surface area contributed by atoms with Crippen molar-refractivity contribution in [1.82, 2.24) is 9.78 Å². The van der Waals surface area contributed by atoms with E-state index in [0.29, 0.717) is 18.1 Å². The second kappa shape index (κ2) is 3.93. The average molecular weight is 224 g/mol. The molecule has 0 bridgehead atoms. The molecule has 13 heavy (non-hydrogen) atoms. The standard InChI is InChI=1S/C6H7Cl2N3O2/c1-4-5(11(12)13)6(8)10(9-4)3-2-7/h2-3H2,1H3. The van der Waals surface area contributed by atoms with E-state index >= 15 is 0 Å². The van der Waals surface area contributed by atoms with Gasteiger partial charge in [0.15, 0.2) is 0 Å². The first kappa shape index (κ1) is 10.3. The normalized spacial score (nSPS) is 10.4. The van der Waals surface area contributed by atoms with Gasteiger partial charge in [0.1, 0.15) is 5.69 Å². The van der Waals surface area contributed by atoms with Gasteiger partial charge in [-0.2, -0.15) is 5.10 Å². The molecule has 0 atom stereocenters. The predicted molar refractivity (Wildman–Crippen MR) is 49.3 cm³/mol. The molecule has 0 spiro atoms. The van der Waals surface area contributed by atoms with E-state index in [1.807, 2.05) is 0 Å². The van der Waals surface area contributed by atoms with Crippen LogP contribution in [0.4, 0.5) is 5.69 Å². The fraction of sp³-hybridized carbons (Fsp3) is 0.500. The summed E-state index contributed by atoms with van der Waals surface area (Å²) in [6, 6.07) is 0. The smallest absolute Gasteiger partial charge is 0.258 e. The summed E-state index contributed by atoms with van der Waals surface area (Å²) >= 11 is 11.2. The van der Waals surface area contributed by atoms with Gasteiger partial charge in [0.25, 0.3) is 0 Å². The zero-order valence-corrected chi connectivity index (χ0v) is 8.34. The summed E-state index contributed by atoms with van der Waals surface area (Å²) < 4.78 is 1.32. The zero-order valence-electron chi connectivity index (χ0n) is 6.83. The molecule has 7 heteroatoms. The van der Waals surface area contributed by atoms with Gasteiger partial charge in [-0.15, -0.1) is 11.6 Å². The van der Waals surface area contributed by atoms with E-state index < -0.39 is 4.92 Å². The van der Waals surface area contributed by atoms with Crippen molar-refractivity contribution in [3.05, 3.63) is 21.0 Å². The van der Waals surface area contributed by atoms with Gasteiger partial charge in [0.05, 0.1) is 11.5 Å². The van der Waals surface area contributed by atoms with Crippen molar-refractivity contribution < 1.29 is 4.92 Å². The number of alkyl halides is 1. The highest BCUT2D eigenvalue weighted by Gasteiger charge is 2.22. The lowest BCUT2D eigenvalue weighted by molar-refractivity contribution is -0.385. The molecule has 1 rings (SSSR count). The highest BCUT2D eigenvalue weighted by atomic mass is 35.5. The summed E-state index contributed by atoms with van der Waals surface area (Å²) in [6.45, 7) is 1.91. The molecule has 1 aromatic heterocycles. The van der Waals surface area contributed by atoms with E-state index in [4.69, 9.17) is 23.2 Å². The van der Waals surface area contributed by atoms with Crippen molar-refractivity contribution in [2.75, 3.05) is 5.88 Å². The number of hydrogen-bond donors (Lipinski definition) is 0. The molecule has 0 unspecified atom stereocenters. The summed E-state index contributed by atoms with van der Waals surface area (Å²) in [4.78, 5) is 9.95. The molecule has 0 aliphatic carbocycles. The second-order valence-corrected chi connectivity index (χ2v) is 3.13. The number of rotatable bonds is 3. The molecule has 0 aliphatic heterocycles. The lowest BCUT2D eigenvalue weighted by Gasteiger charge is -1.95. The largest absolute Gasteiger partial charge is 0.328 e. The number of halogens is 2. The average Bonchev–Trinajstić information content (AvgIpc) is 2.28. The fourth-order valence-corrected chi connectivity index (χ4v) is 1.47. The number of nitro groups is 1. The zero-order chi connectivity index (χ0) is 10.0. The van der Waals surface area contributed by atoms with Crippen molar-refractivity contribution in [3.8, 4) is 0 Å². The first-order chi connectivity index (χ1) is 6.07. The Hall–Kier alpha value is -0.810. The highest BCUT2D eigenvalue weighted by Crippen LogP contribution is 2.27. The summed E-state index contributed by atoms with van der Waals surface area (Å²) in [5.74, 6) is 0.317. The van der Waals surface area contributed by atoms with Gasteiger partial charge in [-0.3, -0.25) is 10.1 Å². The maximum absolute atomic E-state index is 10.5. The molecule has 0 amide bonds. The van der Waals surface area contributed by atoms with Crippen LogP contribution in [-0.4, -0.2) is 20.6 Å². The van der Waals surface area contributed by atoms with Gasteiger partial charge in [-0.1, -0.05) is 11.6 Å². The molecule has 1 heterocycles. The van der Waals surface area contributed by atoms with E-state index in [-0.39, 0.29) is 10.8 Å². The Labute approximate surface area is 84.4 Å². The molecule has 0 fully saturated rings. The van der Waals surface area contributed by atoms with Gasteiger partial charge >= 0.3 is 5.69 Å². The Morgan fingerprint density at radius 2 is 2.31 bits per heavy atom. The lowest BCUT2D eigenvalue weighted by atomic mass is 10.4. The van der Waals surface area contributed by atoms with Crippen molar-refractivity contribution in [3.63, 3.8) is 0 Å². The Kier molecular flexibility index (Phi) is 3.11. The van der Waals surface area contributed by atoms with Crippen LogP contribution in [0.15, 0.2) is 0 Å². The molecule has 0 aliphatic rings. The van der Waals surface area contributed by atoms with Crippen molar-refractivity contribution in [2.24, 2.45) is 0 Å². The maximum Gasteiger partial charge on any atom is 0.328 e. The molecule has 0 aromatic carbocycles. The number of aryl methyl sites for hydroxylation is 2. The SMILES string of the molecule is Cc1nn(CCCl)c(Cl)c1[N+](=O)[O-]. The van der Waals surface area contributed by atoms with Crippen LogP contribution in [0, 0.1) is 17.0 Å². The van der Waals surface area contributed by atoms with Gasteiger partial charge in [0.2, 0.25) is 5.15 Å². The third-order valence-corrected chi connectivity index (χ3v) is 2.06. The van der Waals surface area contributed by atoms with Gasteiger partial charge in [0, 0.05) is 5.88 Å². The Morgan fingerprint density at radius 1 is 1.69 bits per heavy atom. The van der Waals surface area contributed by atoms with Crippen molar-refractivity contribution in [2.45, 2.75) is 13.5 Å². The summed E-state index contributed by atoms with van der Waals surface area (Å²) in [5, 5.41) is 14.4. The van der Waals surface area contributed by atoms with Crippen LogP contribution in [0.3, 0.4) is 0 Å². The molecule has 72 valence electrons. The molecule has 0 saturated heterocycles. The molecule has 5 nitrogen and oxygen atoms in total. The Balaban J connectivity index is 3.14. The first-order valence-corrected chi connectivity index (χ1v) is 4.42. The molecule has 0 saturated carbocycles. The van der Waals surface area contributed by atoms with Crippen molar-refractivity contribution >= 4 is 28.9 Å². The van der Waals surface area contributed by atoms with Gasteiger partial charge < -0.3 is 0 Å². The predicted octanol–water partition coefficient (Wildman–Crippen LogP) is 1.99. The van der Waals surface area contributed by atoms with E-state index in [9.17, 15) is 10.1 Å². The van der Waals surface area contributed by atoms with Crippen LogP contribution in [0.5, 0.6) is 0 Å². The number of nitrogens with zero attached hydrogens (tertiary/aromatic N) is 3. The topological polar surface area (TPSA) is 61.0 Å².